The summed E-state index contributed by atoms with van der Waals surface area (Å²) in [4.78, 5) is 36.4. The van der Waals surface area contributed by atoms with E-state index in [0.29, 0.717) is 5.56 Å². The molecular weight excluding hydrogens is 362 g/mol. The lowest BCUT2D eigenvalue weighted by molar-refractivity contribution is -0.140. The van der Waals surface area contributed by atoms with Crippen LogP contribution in [0.1, 0.15) is 25.5 Å². The first-order chi connectivity index (χ1) is 12.1. The van der Waals surface area contributed by atoms with Crippen LogP contribution in [-0.4, -0.2) is 54.4 Å². The van der Waals surface area contributed by atoms with E-state index >= 15 is 0 Å². The Labute approximate surface area is 151 Å². The molecule has 140 valence electrons. The zero-order valence-corrected chi connectivity index (χ0v) is 14.9. The van der Waals surface area contributed by atoms with Gasteiger partial charge in [-0.1, -0.05) is 12.1 Å². The topological polar surface area (TPSA) is 145 Å². The molecule has 9 nitrogen and oxygen atoms in total. The first-order valence-electron chi connectivity index (χ1n) is 7.92. The number of amides is 2. The van der Waals surface area contributed by atoms with E-state index in [0.717, 1.165) is 0 Å². The molecular formula is C16H19N3O6S. The van der Waals surface area contributed by atoms with Crippen LogP contribution in [0.5, 0.6) is 5.75 Å². The summed E-state index contributed by atoms with van der Waals surface area (Å²) in [6.07, 6.45) is 0. The van der Waals surface area contributed by atoms with Crippen molar-refractivity contribution in [1.82, 2.24) is 16.0 Å². The molecule has 2 fully saturated rings. The van der Waals surface area contributed by atoms with Crippen LogP contribution in [0.25, 0.3) is 0 Å². The number of aromatic hydroxyl groups is 1. The SMILES string of the molecule is CC1(C)[C@H](C(=O)O)NC(C2NC(=O)C(c3ccc(O)cc3)NC2=O)S1=O. The number of hydrogen-bond acceptors (Lipinski definition) is 6. The molecule has 2 amide bonds. The zero-order valence-electron chi connectivity index (χ0n) is 14.1. The fraction of sp³-hybridized carbons (Fsp3) is 0.438. The number of carboxylic acid groups (broad SMARTS) is 1. The summed E-state index contributed by atoms with van der Waals surface area (Å²) in [5.74, 6) is -2.21. The highest BCUT2D eigenvalue weighted by Gasteiger charge is 2.55. The van der Waals surface area contributed by atoms with E-state index in [2.05, 4.69) is 16.0 Å². The van der Waals surface area contributed by atoms with Crippen molar-refractivity contribution < 1.29 is 28.8 Å². The largest absolute Gasteiger partial charge is 0.508 e. The van der Waals surface area contributed by atoms with Crippen LogP contribution >= 0.6 is 0 Å². The third kappa shape index (κ3) is 2.95. The van der Waals surface area contributed by atoms with Crippen molar-refractivity contribution in [2.75, 3.05) is 0 Å². The van der Waals surface area contributed by atoms with Crippen LogP contribution in [0.15, 0.2) is 24.3 Å². The molecule has 2 aliphatic heterocycles. The lowest BCUT2D eigenvalue weighted by Gasteiger charge is -2.32. The zero-order chi connectivity index (χ0) is 19.2. The van der Waals surface area contributed by atoms with Gasteiger partial charge in [-0.05, 0) is 31.5 Å². The third-order valence-corrected chi connectivity index (χ3v) is 6.82. The van der Waals surface area contributed by atoms with Crippen molar-refractivity contribution in [3.8, 4) is 5.75 Å². The second-order valence-corrected chi connectivity index (χ2v) is 8.93. The number of hydrogen-bond donors (Lipinski definition) is 5. The molecule has 0 spiro atoms. The number of rotatable bonds is 3. The van der Waals surface area contributed by atoms with Crippen molar-refractivity contribution >= 4 is 28.6 Å². The number of piperazine rings is 1. The standard InChI is InChI=1S/C16H19N3O6S/c1-16(2)11(15(23)24)19-14(26(16)25)10-13(22)17-9(12(21)18-10)7-3-5-8(20)6-4-7/h3-6,9-11,14,19-20H,1-2H3,(H,17,22)(H,18,21)(H,23,24)/t9?,10?,11-,14?,26?/m0/s1. The number of carbonyl (C=O) groups excluding carboxylic acids is 2. The van der Waals surface area contributed by atoms with Gasteiger partial charge >= 0.3 is 5.97 Å². The van der Waals surface area contributed by atoms with Crippen molar-refractivity contribution in [3.05, 3.63) is 29.8 Å². The Morgan fingerprint density at radius 2 is 1.73 bits per heavy atom. The molecule has 1 aromatic carbocycles. The molecule has 0 aromatic heterocycles. The first kappa shape index (κ1) is 18.3. The van der Waals surface area contributed by atoms with Crippen molar-refractivity contribution in [3.63, 3.8) is 0 Å². The van der Waals surface area contributed by atoms with Gasteiger partial charge in [-0.3, -0.25) is 23.9 Å². The number of carboxylic acids is 1. The van der Waals surface area contributed by atoms with Crippen molar-refractivity contribution in [1.29, 1.82) is 0 Å². The molecule has 2 heterocycles. The number of phenolic OH excluding ortho intramolecular Hbond substituents is 1. The molecule has 5 N–H and O–H groups in total. The van der Waals surface area contributed by atoms with E-state index < -0.39 is 56.8 Å². The van der Waals surface area contributed by atoms with Gasteiger partial charge in [-0.15, -0.1) is 0 Å². The quantitative estimate of drug-likeness (QED) is 0.450. The van der Waals surface area contributed by atoms with Crippen LogP contribution in [0.2, 0.25) is 0 Å². The van der Waals surface area contributed by atoms with Gasteiger partial charge in [0.25, 0.3) is 0 Å². The summed E-state index contributed by atoms with van der Waals surface area (Å²) < 4.78 is 11.6. The predicted molar refractivity (Wildman–Crippen MR) is 91.5 cm³/mol. The third-order valence-electron chi connectivity index (χ3n) is 4.68. The van der Waals surface area contributed by atoms with Gasteiger partial charge in [0.15, 0.2) is 0 Å². The maximum atomic E-state index is 12.7. The van der Waals surface area contributed by atoms with Gasteiger partial charge in [0.05, 0.1) is 4.75 Å². The Kier molecular flexibility index (Phi) is 4.49. The van der Waals surface area contributed by atoms with Gasteiger partial charge in [-0.2, -0.15) is 0 Å². The number of nitrogens with one attached hydrogen (secondary N) is 3. The number of benzene rings is 1. The average Bonchev–Trinajstić information content (AvgIpc) is 2.81. The summed E-state index contributed by atoms with van der Waals surface area (Å²) in [7, 11) is -1.71. The Balaban J connectivity index is 1.81. The number of phenols is 1. The summed E-state index contributed by atoms with van der Waals surface area (Å²) in [6, 6.07) is 2.61. The maximum absolute atomic E-state index is 12.7. The number of carbonyl (C=O) groups is 3. The molecule has 1 aromatic rings. The first-order valence-corrected chi connectivity index (χ1v) is 9.13. The van der Waals surface area contributed by atoms with E-state index in [1.54, 1.807) is 0 Å². The van der Waals surface area contributed by atoms with Crippen LogP contribution in [0.3, 0.4) is 0 Å². The highest BCUT2D eigenvalue weighted by Crippen LogP contribution is 2.31. The van der Waals surface area contributed by atoms with E-state index in [4.69, 9.17) is 0 Å². The van der Waals surface area contributed by atoms with Gasteiger partial charge in [-0.25, -0.2) is 0 Å². The summed E-state index contributed by atoms with van der Waals surface area (Å²) >= 11 is 0. The van der Waals surface area contributed by atoms with E-state index in [9.17, 15) is 28.8 Å². The Bertz CT molecular complexity index is 794. The minimum absolute atomic E-state index is 0.0293. The normalized spacial score (nSPS) is 33.4. The summed E-state index contributed by atoms with van der Waals surface area (Å²) in [5.41, 5.74) is 0.483. The van der Waals surface area contributed by atoms with Gasteiger partial charge in [0, 0.05) is 10.8 Å². The van der Waals surface area contributed by atoms with Crippen molar-refractivity contribution in [2.45, 2.75) is 42.1 Å². The molecule has 10 heteroatoms. The molecule has 26 heavy (non-hydrogen) atoms. The highest BCUT2D eigenvalue weighted by atomic mass is 32.2. The molecule has 4 unspecified atom stereocenters. The molecule has 2 aliphatic rings. The summed E-state index contributed by atoms with van der Waals surface area (Å²) in [5, 5.41) is 25.4. The van der Waals surface area contributed by atoms with Crippen LogP contribution in [0, 0.1) is 0 Å². The highest BCUT2D eigenvalue weighted by molar-refractivity contribution is 7.87. The monoisotopic (exact) mass is 381 g/mol. The van der Waals surface area contributed by atoms with Crippen molar-refractivity contribution in [2.24, 2.45) is 0 Å². The molecule has 3 rings (SSSR count). The summed E-state index contributed by atoms with van der Waals surface area (Å²) in [6.45, 7) is 3.08. The number of aliphatic carboxylic acids is 1. The second kappa shape index (κ2) is 6.36. The Morgan fingerprint density at radius 3 is 2.27 bits per heavy atom. The van der Waals surface area contributed by atoms with E-state index in [-0.39, 0.29) is 5.75 Å². The molecule has 0 aliphatic carbocycles. The van der Waals surface area contributed by atoms with Gasteiger partial charge in [0.2, 0.25) is 11.8 Å². The fourth-order valence-electron chi connectivity index (χ4n) is 3.17. The minimum atomic E-state index is -1.71. The van der Waals surface area contributed by atoms with E-state index in [1.165, 1.54) is 38.1 Å². The van der Waals surface area contributed by atoms with Gasteiger partial charge in [0.1, 0.15) is 29.2 Å². The van der Waals surface area contributed by atoms with E-state index in [1.807, 2.05) is 0 Å². The predicted octanol–water partition coefficient (Wildman–Crippen LogP) is -1.04. The molecule has 0 saturated carbocycles. The molecule has 5 atom stereocenters. The second-order valence-electron chi connectivity index (χ2n) is 6.78. The maximum Gasteiger partial charge on any atom is 0.322 e. The molecule has 0 radical (unpaired) electrons. The molecule has 0 bridgehead atoms. The van der Waals surface area contributed by atoms with Crippen LogP contribution in [-0.2, 0) is 25.2 Å². The van der Waals surface area contributed by atoms with Crippen LogP contribution < -0.4 is 16.0 Å². The Morgan fingerprint density at radius 1 is 1.12 bits per heavy atom. The Hall–Kier alpha value is -2.46. The fourth-order valence-corrected chi connectivity index (χ4v) is 4.93. The lowest BCUT2D eigenvalue weighted by Crippen LogP contribution is -2.64. The smallest absolute Gasteiger partial charge is 0.322 e. The minimum Gasteiger partial charge on any atom is -0.508 e. The average molecular weight is 381 g/mol. The van der Waals surface area contributed by atoms with Gasteiger partial charge < -0.3 is 20.8 Å². The van der Waals surface area contributed by atoms with Crippen LogP contribution in [0.4, 0.5) is 0 Å². The molecule has 2 saturated heterocycles. The lowest BCUT2D eigenvalue weighted by atomic mass is 10.0.